The van der Waals surface area contributed by atoms with Gasteiger partial charge in [-0.25, -0.2) is 4.98 Å². The molecule has 2 aromatic heterocycles. The van der Waals surface area contributed by atoms with Crippen molar-refractivity contribution in [1.29, 1.82) is 0 Å². The topological polar surface area (TPSA) is 74.6 Å². The lowest BCUT2D eigenvalue weighted by Crippen LogP contribution is -2.47. The minimum absolute atomic E-state index is 0.102. The van der Waals surface area contributed by atoms with E-state index < -0.39 is 10.0 Å². The van der Waals surface area contributed by atoms with E-state index in [1.165, 1.54) is 0 Å². The molecule has 4 heterocycles. The summed E-state index contributed by atoms with van der Waals surface area (Å²) in [6.07, 6.45) is 0.694. The molecule has 0 aliphatic carbocycles. The maximum atomic E-state index is 14.2. The zero-order valence-corrected chi connectivity index (χ0v) is 24.6. The number of hydrogen-bond acceptors (Lipinski definition) is 6. The number of pyridine rings is 1. The van der Waals surface area contributed by atoms with E-state index >= 15 is 0 Å². The SMILES string of the molecule is Cc1cc(C)c2c(n1)S(=O)(=O)N(CCCN1CCN(c3cccc(Cl)c3)CC1)c1c-2nn(C)c1-c1ccccc1. The zero-order valence-electron chi connectivity index (χ0n) is 23.0. The number of aryl methyl sites for hydroxylation is 3. The lowest BCUT2D eigenvalue weighted by Gasteiger charge is -2.36. The van der Waals surface area contributed by atoms with Gasteiger partial charge in [0.1, 0.15) is 11.4 Å². The highest BCUT2D eigenvalue weighted by Gasteiger charge is 2.41. The Morgan fingerprint density at radius 1 is 0.925 bits per heavy atom. The fourth-order valence-corrected chi connectivity index (χ4v) is 7.86. The van der Waals surface area contributed by atoms with Crippen molar-refractivity contribution in [2.75, 3.05) is 48.5 Å². The van der Waals surface area contributed by atoms with Gasteiger partial charge in [0.25, 0.3) is 10.0 Å². The van der Waals surface area contributed by atoms with E-state index in [1.807, 2.05) is 75.5 Å². The molecule has 0 radical (unpaired) electrons. The van der Waals surface area contributed by atoms with Crippen LogP contribution >= 0.6 is 11.6 Å². The molecule has 0 N–H and O–H groups in total. The number of piperazine rings is 1. The predicted molar refractivity (Wildman–Crippen MR) is 161 cm³/mol. The quantitative estimate of drug-likeness (QED) is 0.316. The number of nitrogens with zero attached hydrogens (tertiary/aromatic N) is 6. The van der Waals surface area contributed by atoms with Crippen molar-refractivity contribution in [2.45, 2.75) is 25.3 Å². The van der Waals surface area contributed by atoms with E-state index in [0.29, 0.717) is 35.6 Å². The number of fused-ring (bicyclic) bond motifs is 3. The Bertz CT molecular complexity index is 1660. The van der Waals surface area contributed by atoms with Gasteiger partial charge < -0.3 is 4.90 Å². The van der Waals surface area contributed by atoms with Crippen LogP contribution in [0.5, 0.6) is 0 Å². The lowest BCUT2D eigenvalue weighted by molar-refractivity contribution is 0.256. The van der Waals surface area contributed by atoms with Gasteiger partial charge in [0.15, 0.2) is 5.03 Å². The summed E-state index contributed by atoms with van der Waals surface area (Å²) < 4.78 is 31.7. The largest absolute Gasteiger partial charge is 0.369 e. The van der Waals surface area contributed by atoms with Gasteiger partial charge >= 0.3 is 0 Å². The van der Waals surface area contributed by atoms with Crippen molar-refractivity contribution in [3.63, 3.8) is 0 Å². The second kappa shape index (κ2) is 10.5. The summed E-state index contributed by atoms with van der Waals surface area (Å²) >= 11 is 6.19. The summed E-state index contributed by atoms with van der Waals surface area (Å²) in [6, 6.07) is 19.8. The molecule has 2 aromatic carbocycles. The summed E-state index contributed by atoms with van der Waals surface area (Å²) in [5, 5.41) is 5.71. The third-order valence-corrected chi connectivity index (χ3v) is 9.75. The lowest BCUT2D eigenvalue weighted by atomic mass is 10.0. The molecule has 1 saturated heterocycles. The van der Waals surface area contributed by atoms with E-state index in [9.17, 15) is 8.42 Å². The summed E-state index contributed by atoms with van der Waals surface area (Å²) in [6.45, 7) is 8.56. The van der Waals surface area contributed by atoms with E-state index in [-0.39, 0.29) is 5.03 Å². The Hall–Kier alpha value is -3.40. The van der Waals surface area contributed by atoms with E-state index in [0.717, 1.165) is 60.3 Å². The van der Waals surface area contributed by atoms with Crippen LogP contribution in [0.25, 0.3) is 22.5 Å². The summed E-state index contributed by atoms with van der Waals surface area (Å²) in [5.74, 6) is 0. The van der Waals surface area contributed by atoms with Gasteiger partial charge in [-0.3, -0.25) is 13.9 Å². The second-order valence-corrected chi connectivity index (χ2v) is 12.7. The Balaban J connectivity index is 1.27. The first-order chi connectivity index (χ1) is 19.2. The average molecular weight is 577 g/mol. The molecule has 40 heavy (non-hydrogen) atoms. The van der Waals surface area contributed by atoms with Crippen LogP contribution in [0.15, 0.2) is 65.7 Å². The van der Waals surface area contributed by atoms with Crippen molar-refractivity contribution in [3.05, 3.63) is 76.9 Å². The highest BCUT2D eigenvalue weighted by Crippen LogP contribution is 2.48. The van der Waals surface area contributed by atoms with Crippen molar-refractivity contribution in [3.8, 4) is 22.5 Å². The first-order valence-corrected chi connectivity index (χ1v) is 15.4. The number of benzene rings is 2. The van der Waals surface area contributed by atoms with E-state index in [4.69, 9.17) is 16.7 Å². The Morgan fingerprint density at radius 3 is 2.40 bits per heavy atom. The fraction of sp³-hybridized carbons (Fsp3) is 0.333. The van der Waals surface area contributed by atoms with Gasteiger partial charge in [-0.1, -0.05) is 48.0 Å². The van der Waals surface area contributed by atoms with Crippen LogP contribution in [0.3, 0.4) is 0 Å². The highest BCUT2D eigenvalue weighted by molar-refractivity contribution is 7.93. The first kappa shape index (κ1) is 26.8. The number of rotatable bonds is 6. The molecule has 2 aliphatic rings. The smallest absolute Gasteiger partial charge is 0.282 e. The van der Waals surface area contributed by atoms with Crippen LogP contribution in [0.4, 0.5) is 11.4 Å². The van der Waals surface area contributed by atoms with Gasteiger partial charge in [0, 0.05) is 73.8 Å². The van der Waals surface area contributed by atoms with Gasteiger partial charge in [-0.05, 0) is 50.1 Å². The molecule has 2 aliphatic heterocycles. The number of aromatic nitrogens is 3. The first-order valence-electron chi connectivity index (χ1n) is 13.6. The Kier molecular flexibility index (Phi) is 7.06. The van der Waals surface area contributed by atoms with Crippen molar-refractivity contribution >= 4 is 33.0 Å². The maximum absolute atomic E-state index is 14.2. The number of anilines is 2. The normalized spacial score (nSPS) is 16.6. The Labute approximate surface area is 240 Å². The molecule has 0 atom stereocenters. The minimum atomic E-state index is -3.88. The van der Waals surface area contributed by atoms with Gasteiger partial charge in [0.2, 0.25) is 0 Å². The number of halogens is 1. The summed E-state index contributed by atoms with van der Waals surface area (Å²) in [4.78, 5) is 9.27. The van der Waals surface area contributed by atoms with Crippen LogP contribution in [-0.2, 0) is 17.1 Å². The molecule has 0 spiro atoms. The molecule has 208 valence electrons. The molecular formula is C30H33ClN6O2S. The third kappa shape index (κ3) is 4.76. The molecule has 6 rings (SSSR count). The molecule has 1 fully saturated rings. The third-order valence-electron chi connectivity index (χ3n) is 7.78. The average Bonchev–Trinajstić information content (AvgIpc) is 3.27. The fourth-order valence-electron chi connectivity index (χ4n) is 5.91. The maximum Gasteiger partial charge on any atom is 0.282 e. The monoisotopic (exact) mass is 576 g/mol. The predicted octanol–water partition coefficient (Wildman–Crippen LogP) is 5.14. The molecule has 0 amide bonds. The minimum Gasteiger partial charge on any atom is -0.369 e. The number of sulfonamides is 1. The van der Waals surface area contributed by atoms with Crippen molar-refractivity contribution in [1.82, 2.24) is 19.7 Å². The van der Waals surface area contributed by atoms with Crippen LogP contribution in [0.1, 0.15) is 17.7 Å². The van der Waals surface area contributed by atoms with E-state index in [1.54, 1.807) is 8.99 Å². The zero-order chi connectivity index (χ0) is 28.0. The van der Waals surface area contributed by atoms with Crippen LogP contribution in [0.2, 0.25) is 5.02 Å². The highest BCUT2D eigenvalue weighted by atomic mass is 35.5. The van der Waals surface area contributed by atoms with Crippen LogP contribution in [-0.4, -0.2) is 67.4 Å². The van der Waals surface area contributed by atoms with E-state index in [2.05, 4.69) is 20.9 Å². The van der Waals surface area contributed by atoms with Gasteiger partial charge in [-0.2, -0.15) is 13.5 Å². The molecule has 10 heteroatoms. The van der Waals surface area contributed by atoms with Crippen LogP contribution in [0, 0.1) is 13.8 Å². The van der Waals surface area contributed by atoms with Crippen molar-refractivity contribution in [2.24, 2.45) is 7.05 Å². The molecule has 4 aromatic rings. The van der Waals surface area contributed by atoms with Gasteiger partial charge in [0.05, 0.1) is 5.69 Å². The number of hydrogen-bond donors (Lipinski definition) is 0. The molecule has 0 bridgehead atoms. The Morgan fingerprint density at radius 2 is 1.68 bits per heavy atom. The molecular weight excluding hydrogens is 544 g/mol. The second-order valence-electron chi connectivity index (χ2n) is 10.5. The standard InChI is InChI=1S/C30H33ClN6O2S/c1-21-19-22(2)32-30-26(21)27-29(28(34(3)33-27)23-9-5-4-6-10-23)37(40(30,38)39)14-8-13-35-15-17-36(18-16-35)25-12-7-11-24(31)20-25/h4-7,9-12,19-20H,8,13-18H2,1-3H3. The molecule has 0 unspecified atom stereocenters. The van der Waals surface area contributed by atoms with Gasteiger partial charge in [-0.15, -0.1) is 0 Å². The van der Waals surface area contributed by atoms with Crippen LogP contribution < -0.4 is 9.21 Å². The summed E-state index contributed by atoms with van der Waals surface area (Å²) in [7, 11) is -2.00. The molecule has 0 saturated carbocycles. The molecule has 8 nitrogen and oxygen atoms in total. The van der Waals surface area contributed by atoms with Crippen molar-refractivity contribution < 1.29 is 8.42 Å². The summed E-state index contributed by atoms with van der Waals surface area (Å²) in [5.41, 5.74) is 6.32.